The zero-order valence-corrected chi connectivity index (χ0v) is 17.3. The highest BCUT2D eigenvalue weighted by Gasteiger charge is 2.23. The lowest BCUT2D eigenvalue weighted by molar-refractivity contribution is 0.0959. The Morgan fingerprint density at radius 3 is 2.83 bits per heavy atom. The predicted octanol–water partition coefficient (Wildman–Crippen LogP) is 4.46. The lowest BCUT2D eigenvalue weighted by Gasteiger charge is -2.30. The first-order valence-electron chi connectivity index (χ1n) is 10.2. The number of benzene rings is 2. The monoisotopic (exact) mass is 393 g/mol. The SMILES string of the molecule is CCCc1cc(=O)oc2c(C)c3c(cc12)CN(CCc1cccc(OC)c1)CO3. The van der Waals surface area contributed by atoms with E-state index in [0.717, 1.165) is 65.9 Å². The number of nitrogens with zero attached hydrogens (tertiary/aromatic N) is 1. The average molecular weight is 393 g/mol. The summed E-state index contributed by atoms with van der Waals surface area (Å²) >= 11 is 0. The van der Waals surface area contributed by atoms with Gasteiger partial charge < -0.3 is 13.9 Å². The number of hydrogen-bond acceptors (Lipinski definition) is 5. The molecule has 1 aromatic heterocycles. The highest BCUT2D eigenvalue weighted by molar-refractivity contribution is 5.86. The van der Waals surface area contributed by atoms with Crippen LogP contribution < -0.4 is 15.1 Å². The normalized spacial score (nSPS) is 13.9. The summed E-state index contributed by atoms with van der Waals surface area (Å²) in [5, 5.41) is 1.03. The van der Waals surface area contributed by atoms with Crippen molar-refractivity contribution in [3.63, 3.8) is 0 Å². The molecule has 0 bridgehead atoms. The van der Waals surface area contributed by atoms with Crippen LogP contribution in [0.2, 0.25) is 0 Å². The Morgan fingerprint density at radius 1 is 1.17 bits per heavy atom. The third-order valence-electron chi connectivity index (χ3n) is 5.53. The molecule has 0 saturated carbocycles. The lowest BCUT2D eigenvalue weighted by Crippen LogP contribution is -2.34. The van der Waals surface area contributed by atoms with Crippen LogP contribution in [0.4, 0.5) is 0 Å². The van der Waals surface area contributed by atoms with Crippen LogP contribution in [-0.4, -0.2) is 25.3 Å². The maximum Gasteiger partial charge on any atom is 0.336 e. The highest BCUT2D eigenvalue weighted by atomic mass is 16.5. The summed E-state index contributed by atoms with van der Waals surface area (Å²) in [5.74, 6) is 1.74. The van der Waals surface area contributed by atoms with Gasteiger partial charge in [-0.3, -0.25) is 4.90 Å². The molecule has 4 rings (SSSR count). The third-order valence-corrected chi connectivity index (χ3v) is 5.53. The maximum atomic E-state index is 12.0. The van der Waals surface area contributed by atoms with Crippen LogP contribution in [0.5, 0.6) is 11.5 Å². The summed E-state index contributed by atoms with van der Waals surface area (Å²) in [4.78, 5) is 14.3. The van der Waals surface area contributed by atoms with E-state index in [9.17, 15) is 4.79 Å². The largest absolute Gasteiger partial charge is 0.497 e. The van der Waals surface area contributed by atoms with E-state index >= 15 is 0 Å². The molecule has 0 atom stereocenters. The molecule has 0 aliphatic carbocycles. The van der Waals surface area contributed by atoms with Gasteiger partial charge in [-0.25, -0.2) is 4.79 Å². The Balaban J connectivity index is 1.59. The van der Waals surface area contributed by atoms with Gasteiger partial charge in [-0.05, 0) is 49.1 Å². The van der Waals surface area contributed by atoms with Crippen LogP contribution in [-0.2, 0) is 19.4 Å². The molecule has 2 heterocycles. The van der Waals surface area contributed by atoms with Crippen molar-refractivity contribution in [2.75, 3.05) is 20.4 Å². The molecule has 1 aliphatic heterocycles. The third kappa shape index (κ3) is 4.01. The van der Waals surface area contributed by atoms with Gasteiger partial charge in [-0.15, -0.1) is 0 Å². The molecule has 3 aromatic rings. The number of fused-ring (bicyclic) bond motifs is 2. The Kier molecular flexibility index (Phi) is 5.58. The fourth-order valence-corrected chi connectivity index (χ4v) is 4.07. The second-order valence-corrected chi connectivity index (χ2v) is 7.63. The Hall–Kier alpha value is -2.79. The fourth-order valence-electron chi connectivity index (χ4n) is 4.07. The van der Waals surface area contributed by atoms with E-state index in [0.29, 0.717) is 12.3 Å². The van der Waals surface area contributed by atoms with Crippen LogP contribution in [0.3, 0.4) is 0 Å². The molecule has 0 spiro atoms. The number of ether oxygens (including phenoxy) is 2. The molecule has 152 valence electrons. The van der Waals surface area contributed by atoms with Crippen LogP contribution in [0.25, 0.3) is 11.0 Å². The number of hydrogen-bond donors (Lipinski definition) is 0. The molecule has 0 fully saturated rings. The summed E-state index contributed by atoms with van der Waals surface area (Å²) in [6.45, 7) is 6.35. The van der Waals surface area contributed by atoms with Gasteiger partial charge in [0.2, 0.25) is 0 Å². The Labute approximate surface area is 170 Å². The Morgan fingerprint density at radius 2 is 2.03 bits per heavy atom. The predicted molar refractivity (Wildman–Crippen MR) is 114 cm³/mol. The van der Waals surface area contributed by atoms with E-state index in [1.54, 1.807) is 13.2 Å². The summed E-state index contributed by atoms with van der Waals surface area (Å²) in [5.41, 5.74) is 4.73. The molecule has 5 heteroatoms. The van der Waals surface area contributed by atoms with Crippen molar-refractivity contribution in [1.82, 2.24) is 4.90 Å². The highest BCUT2D eigenvalue weighted by Crippen LogP contribution is 2.36. The summed E-state index contributed by atoms with van der Waals surface area (Å²) < 4.78 is 16.9. The first-order chi connectivity index (χ1) is 14.1. The molecular formula is C24H27NO4. The van der Waals surface area contributed by atoms with Crippen LogP contribution in [0.1, 0.15) is 35.6 Å². The van der Waals surface area contributed by atoms with Gasteiger partial charge in [-0.1, -0.05) is 25.5 Å². The molecular weight excluding hydrogens is 366 g/mol. The Bertz CT molecular complexity index is 1090. The smallest absolute Gasteiger partial charge is 0.336 e. The average Bonchev–Trinajstić information content (AvgIpc) is 2.73. The first-order valence-corrected chi connectivity index (χ1v) is 10.2. The minimum absolute atomic E-state index is 0.292. The summed E-state index contributed by atoms with van der Waals surface area (Å²) in [6, 6.07) is 12.0. The molecule has 29 heavy (non-hydrogen) atoms. The van der Waals surface area contributed by atoms with E-state index in [4.69, 9.17) is 13.9 Å². The molecule has 2 aromatic carbocycles. The van der Waals surface area contributed by atoms with Gasteiger partial charge in [0.15, 0.2) is 0 Å². The van der Waals surface area contributed by atoms with E-state index in [1.807, 2.05) is 19.1 Å². The number of rotatable bonds is 6. The minimum atomic E-state index is -0.292. The molecule has 0 radical (unpaired) electrons. The van der Waals surface area contributed by atoms with Gasteiger partial charge >= 0.3 is 5.63 Å². The quantitative estimate of drug-likeness (QED) is 0.579. The van der Waals surface area contributed by atoms with E-state index < -0.39 is 0 Å². The first kappa shape index (κ1) is 19.5. The van der Waals surface area contributed by atoms with Crippen molar-refractivity contribution in [1.29, 1.82) is 0 Å². The zero-order valence-electron chi connectivity index (χ0n) is 17.3. The van der Waals surface area contributed by atoms with Gasteiger partial charge in [0.25, 0.3) is 0 Å². The number of aryl methyl sites for hydroxylation is 2. The fraction of sp³-hybridized carbons (Fsp3) is 0.375. The molecule has 5 nitrogen and oxygen atoms in total. The number of methoxy groups -OCH3 is 1. The lowest BCUT2D eigenvalue weighted by atomic mass is 9.98. The van der Waals surface area contributed by atoms with Crippen LogP contribution in [0, 0.1) is 6.92 Å². The molecule has 0 amide bonds. The second kappa shape index (κ2) is 8.29. The summed E-state index contributed by atoms with van der Waals surface area (Å²) in [6.07, 6.45) is 2.77. The van der Waals surface area contributed by atoms with Gasteiger partial charge in [-0.2, -0.15) is 0 Å². The van der Waals surface area contributed by atoms with Crippen molar-refractivity contribution in [3.05, 3.63) is 69.1 Å². The second-order valence-electron chi connectivity index (χ2n) is 7.63. The van der Waals surface area contributed by atoms with Crippen molar-refractivity contribution < 1.29 is 13.9 Å². The zero-order chi connectivity index (χ0) is 20.4. The minimum Gasteiger partial charge on any atom is -0.497 e. The maximum absolute atomic E-state index is 12.0. The van der Waals surface area contributed by atoms with Gasteiger partial charge in [0, 0.05) is 35.7 Å². The van der Waals surface area contributed by atoms with Crippen molar-refractivity contribution >= 4 is 11.0 Å². The van der Waals surface area contributed by atoms with Gasteiger partial charge in [0.05, 0.1) is 7.11 Å². The van der Waals surface area contributed by atoms with E-state index in [1.165, 1.54) is 5.56 Å². The molecule has 0 N–H and O–H groups in total. The van der Waals surface area contributed by atoms with Crippen LogP contribution in [0.15, 0.2) is 45.6 Å². The molecule has 1 aliphatic rings. The van der Waals surface area contributed by atoms with Crippen molar-refractivity contribution in [2.45, 2.75) is 39.7 Å². The molecule has 0 saturated heterocycles. The topological polar surface area (TPSA) is 51.9 Å². The van der Waals surface area contributed by atoms with E-state index in [2.05, 4.69) is 30.0 Å². The van der Waals surface area contributed by atoms with Crippen molar-refractivity contribution in [3.8, 4) is 11.5 Å². The van der Waals surface area contributed by atoms with E-state index in [-0.39, 0.29) is 5.63 Å². The van der Waals surface area contributed by atoms with Gasteiger partial charge in [0.1, 0.15) is 23.8 Å². The molecule has 0 unspecified atom stereocenters. The van der Waals surface area contributed by atoms with Crippen LogP contribution >= 0.6 is 0 Å². The van der Waals surface area contributed by atoms with Crippen molar-refractivity contribution in [2.24, 2.45) is 0 Å². The summed E-state index contributed by atoms with van der Waals surface area (Å²) in [7, 11) is 1.69. The standard InChI is InChI=1S/C24H27NO4/c1-4-6-18-13-22(26)29-24-16(2)23-19(12-21(18)24)14-25(15-28-23)10-9-17-7-5-8-20(11-17)27-3/h5,7-8,11-13H,4,6,9-10,14-15H2,1-3H3.